The summed E-state index contributed by atoms with van der Waals surface area (Å²) in [6, 6.07) is 7.72. The van der Waals surface area contributed by atoms with Crippen LogP contribution < -0.4 is 5.32 Å². The third-order valence-corrected chi connectivity index (χ3v) is 7.51. The smallest absolute Gasteiger partial charge is 0.261 e. The number of nitrogens with one attached hydrogen (secondary N) is 1. The van der Waals surface area contributed by atoms with Crippen molar-refractivity contribution in [1.29, 1.82) is 0 Å². The Morgan fingerprint density at radius 2 is 2.07 bits per heavy atom. The normalized spacial score (nSPS) is 15.4. The van der Waals surface area contributed by atoms with E-state index >= 15 is 0 Å². The first-order valence-electron chi connectivity index (χ1n) is 8.81. The largest absolute Gasteiger partial charge is 0.349 e. The molecule has 0 bridgehead atoms. The summed E-state index contributed by atoms with van der Waals surface area (Å²) in [5, 5.41) is 10.1. The number of aryl methyl sites for hydroxylation is 1. The summed E-state index contributed by atoms with van der Waals surface area (Å²) in [6.07, 6.45) is 2.09. The van der Waals surface area contributed by atoms with Gasteiger partial charge >= 0.3 is 0 Å². The van der Waals surface area contributed by atoms with Crippen molar-refractivity contribution in [1.82, 2.24) is 15.1 Å². The van der Waals surface area contributed by atoms with Crippen LogP contribution in [0.2, 0.25) is 10.0 Å². The van der Waals surface area contributed by atoms with Crippen LogP contribution >= 0.6 is 46.3 Å². The van der Waals surface area contributed by atoms with Crippen LogP contribution in [0.3, 0.4) is 0 Å². The van der Waals surface area contributed by atoms with E-state index in [9.17, 15) is 4.79 Å². The number of benzene rings is 1. The number of halogens is 2. The van der Waals surface area contributed by atoms with Gasteiger partial charge in [0.2, 0.25) is 0 Å². The molecule has 1 amide bonds. The van der Waals surface area contributed by atoms with Crippen molar-refractivity contribution in [3.63, 3.8) is 0 Å². The van der Waals surface area contributed by atoms with Crippen LogP contribution in [0.15, 0.2) is 24.3 Å². The number of aromatic nitrogens is 2. The van der Waals surface area contributed by atoms with Gasteiger partial charge in [0.25, 0.3) is 5.91 Å². The Bertz CT molecular complexity index is 992. The Labute approximate surface area is 176 Å². The molecule has 0 aliphatic carbocycles. The van der Waals surface area contributed by atoms with Gasteiger partial charge in [0.15, 0.2) is 0 Å². The first-order valence-corrected chi connectivity index (χ1v) is 11.5. The van der Waals surface area contributed by atoms with Crippen molar-refractivity contribution in [2.75, 3.05) is 11.5 Å². The number of fused-ring (bicyclic) bond motifs is 1. The number of nitrogens with zero attached hydrogens (tertiary/aromatic N) is 2. The Morgan fingerprint density at radius 3 is 2.81 bits per heavy atom. The molecule has 27 heavy (non-hydrogen) atoms. The van der Waals surface area contributed by atoms with Crippen molar-refractivity contribution in [2.24, 2.45) is 0 Å². The lowest BCUT2D eigenvalue weighted by Gasteiger charge is -2.22. The second-order valence-electron chi connectivity index (χ2n) is 6.67. The van der Waals surface area contributed by atoms with Crippen molar-refractivity contribution in [3.05, 3.63) is 50.4 Å². The van der Waals surface area contributed by atoms with Gasteiger partial charge in [-0.1, -0.05) is 29.3 Å². The minimum absolute atomic E-state index is 0.0172. The van der Waals surface area contributed by atoms with Gasteiger partial charge in [-0.05, 0) is 55.0 Å². The van der Waals surface area contributed by atoms with Gasteiger partial charge < -0.3 is 5.32 Å². The van der Waals surface area contributed by atoms with E-state index in [1.165, 1.54) is 11.3 Å². The van der Waals surface area contributed by atoms with E-state index in [0.29, 0.717) is 16.6 Å². The van der Waals surface area contributed by atoms with Crippen molar-refractivity contribution < 1.29 is 4.79 Å². The summed E-state index contributed by atoms with van der Waals surface area (Å²) in [6.45, 7) is 2.51. The maximum Gasteiger partial charge on any atom is 0.261 e. The maximum absolute atomic E-state index is 12.7. The summed E-state index contributed by atoms with van der Waals surface area (Å²) >= 11 is 15.7. The molecule has 8 heteroatoms. The van der Waals surface area contributed by atoms with E-state index in [4.69, 9.17) is 23.2 Å². The number of amides is 1. The monoisotopic (exact) mass is 439 g/mol. The van der Waals surface area contributed by atoms with Gasteiger partial charge in [-0.25, -0.2) is 0 Å². The minimum atomic E-state index is 0.0172. The van der Waals surface area contributed by atoms with E-state index in [0.717, 1.165) is 50.7 Å². The van der Waals surface area contributed by atoms with Crippen LogP contribution in [0.25, 0.3) is 10.2 Å². The zero-order valence-corrected chi connectivity index (χ0v) is 17.9. The zero-order chi connectivity index (χ0) is 19.0. The average molecular weight is 440 g/mol. The SMILES string of the molecule is Cc1nn(Cc2ccc(Cl)cc2Cl)c2sc(C(=O)NC3CCSCC3)cc12. The molecule has 3 aromatic rings. The molecule has 1 aliphatic heterocycles. The molecule has 1 N–H and O–H groups in total. The number of carbonyl (C=O) groups excluding carboxylic acids is 1. The summed E-state index contributed by atoms with van der Waals surface area (Å²) in [7, 11) is 0. The molecule has 0 unspecified atom stereocenters. The van der Waals surface area contributed by atoms with Crippen LogP contribution in [-0.2, 0) is 6.54 Å². The Kier molecular flexibility index (Phi) is 5.69. The van der Waals surface area contributed by atoms with Crippen molar-refractivity contribution in [3.8, 4) is 0 Å². The molecule has 0 spiro atoms. The average Bonchev–Trinajstić information content (AvgIpc) is 3.20. The predicted molar refractivity (Wildman–Crippen MR) is 116 cm³/mol. The topological polar surface area (TPSA) is 46.9 Å². The molecular formula is C19H19Cl2N3OS2. The molecule has 1 aromatic carbocycles. The van der Waals surface area contributed by atoms with Gasteiger partial charge in [-0.15, -0.1) is 11.3 Å². The lowest BCUT2D eigenvalue weighted by molar-refractivity contribution is 0.0939. The number of hydrogen-bond acceptors (Lipinski definition) is 4. The Morgan fingerprint density at radius 1 is 1.30 bits per heavy atom. The van der Waals surface area contributed by atoms with Gasteiger partial charge in [0, 0.05) is 21.5 Å². The molecular weight excluding hydrogens is 421 g/mol. The molecule has 0 radical (unpaired) electrons. The lowest BCUT2D eigenvalue weighted by atomic mass is 10.1. The van der Waals surface area contributed by atoms with Gasteiger partial charge in [-0.2, -0.15) is 16.9 Å². The first kappa shape index (κ1) is 19.1. The number of hydrogen-bond donors (Lipinski definition) is 1. The molecule has 1 saturated heterocycles. The standard InChI is InChI=1S/C19H19Cl2N3OS2/c1-11-15-9-17(18(25)22-14-4-6-26-7-5-14)27-19(15)24(23-11)10-12-2-3-13(20)8-16(12)21/h2-3,8-9,14H,4-7,10H2,1H3,(H,22,25). The van der Waals surface area contributed by atoms with E-state index < -0.39 is 0 Å². The van der Waals surface area contributed by atoms with E-state index in [1.54, 1.807) is 6.07 Å². The van der Waals surface area contributed by atoms with Crippen LogP contribution in [0, 0.1) is 6.92 Å². The molecule has 1 aliphatic rings. The highest BCUT2D eigenvalue weighted by molar-refractivity contribution is 7.99. The van der Waals surface area contributed by atoms with Crippen LogP contribution in [0.1, 0.15) is 33.8 Å². The third kappa shape index (κ3) is 4.14. The predicted octanol–water partition coefficient (Wildman–Crippen LogP) is 5.39. The van der Waals surface area contributed by atoms with E-state index in [-0.39, 0.29) is 11.9 Å². The fourth-order valence-electron chi connectivity index (χ4n) is 3.24. The molecule has 4 nitrogen and oxygen atoms in total. The van der Waals surface area contributed by atoms with Crippen molar-refractivity contribution in [2.45, 2.75) is 32.4 Å². The second kappa shape index (κ2) is 8.03. The quantitative estimate of drug-likeness (QED) is 0.592. The molecule has 1 fully saturated rings. The first-order chi connectivity index (χ1) is 13.0. The summed E-state index contributed by atoms with van der Waals surface area (Å²) in [5.74, 6) is 2.25. The highest BCUT2D eigenvalue weighted by Gasteiger charge is 2.20. The summed E-state index contributed by atoms with van der Waals surface area (Å²) < 4.78 is 1.92. The molecule has 2 aromatic heterocycles. The molecule has 0 saturated carbocycles. The van der Waals surface area contributed by atoms with Crippen molar-refractivity contribution >= 4 is 62.4 Å². The molecule has 0 atom stereocenters. The van der Waals surface area contributed by atoms with Crippen LogP contribution in [0.5, 0.6) is 0 Å². The fourth-order valence-corrected chi connectivity index (χ4v) is 5.88. The summed E-state index contributed by atoms with van der Waals surface area (Å²) in [4.78, 5) is 14.4. The number of rotatable bonds is 4. The van der Waals surface area contributed by atoms with E-state index in [2.05, 4.69) is 10.4 Å². The molecule has 3 heterocycles. The van der Waals surface area contributed by atoms with Gasteiger partial charge in [-0.3, -0.25) is 9.48 Å². The molecule has 142 valence electrons. The highest BCUT2D eigenvalue weighted by Crippen LogP contribution is 2.30. The molecule has 4 rings (SSSR count). The van der Waals surface area contributed by atoms with Crippen LogP contribution in [-0.4, -0.2) is 33.2 Å². The maximum atomic E-state index is 12.7. The third-order valence-electron chi connectivity index (χ3n) is 4.72. The summed E-state index contributed by atoms with van der Waals surface area (Å²) in [5.41, 5.74) is 1.86. The second-order valence-corrected chi connectivity index (χ2v) is 9.77. The fraction of sp³-hybridized carbons (Fsp3) is 0.368. The van der Waals surface area contributed by atoms with Gasteiger partial charge in [0.1, 0.15) is 4.83 Å². The minimum Gasteiger partial charge on any atom is -0.349 e. The van der Waals surface area contributed by atoms with E-state index in [1.807, 2.05) is 41.6 Å². The zero-order valence-electron chi connectivity index (χ0n) is 14.8. The lowest BCUT2D eigenvalue weighted by Crippen LogP contribution is -2.36. The number of thiophene rings is 1. The Balaban J connectivity index is 1.58. The highest BCUT2D eigenvalue weighted by atomic mass is 35.5. The van der Waals surface area contributed by atoms with Gasteiger partial charge in [0.05, 0.1) is 17.1 Å². The number of carbonyl (C=O) groups is 1. The number of thioether (sulfide) groups is 1. The Hall–Kier alpha value is -1.21. The van der Waals surface area contributed by atoms with Crippen LogP contribution in [0.4, 0.5) is 0 Å².